The molecular weight excluding hydrogens is 272 g/mol. The summed E-state index contributed by atoms with van der Waals surface area (Å²) in [4.78, 5) is 7.52. The topological polar surface area (TPSA) is 54.2 Å². The van der Waals surface area contributed by atoms with Crippen LogP contribution in [0.25, 0.3) is 0 Å². The highest BCUT2D eigenvalue weighted by atomic mass is 32.1. The largest absolute Gasteiger partial charge is 0.344 e. The van der Waals surface area contributed by atoms with Crippen molar-refractivity contribution in [2.45, 2.75) is 32.9 Å². The highest BCUT2D eigenvalue weighted by Gasteiger charge is 2.16. The Balaban J connectivity index is 1.97. The van der Waals surface area contributed by atoms with E-state index < -0.39 is 0 Å². The van der Waals surface area contributed by atoms with Gasteiger partial charge in [0.2, 0.25) is 5.89 Å². The van der Waals surface area contributed by atoms with Gasteiger partial charge >= 0.3 is 0 Å². The van der Waals surface area contributed by atoms with Crippen molar-refractivity contribution in [3.63, 3.8) is 0 Å². The van der Waals surface area contributed by atoms with Gasteiger partial charge in [-0.25, -0.2) is 0 Å². The second-order valence-corrected chi connectivity index (χ2v) is 6.44. The smallest absolute Gasteiger partial charge is 0.265 e. The Morgan fingerprint density at radius 1 is 1.40 bits per heavy atom. The van der Waals surface area contributed by atoms with Crippen LogP contribution in [0.2, 0.25) is 0 Å². The van der Waals surface area contributed by atoms with E-state index >= 15 is 0 Å². The van der Waals surface area contributed by atoms with Crippen molar-refractivity contribution in [3.8, 4) is 0 Å². The maximum Gasteiger partial charge on any atom is 0.265 e. The van der Waals surface area contributed by atoms with Crippen molar-refractivity contribution >= 4 is 17.3 Å². The molecule has 0 fully saturated rings. The first-order valence-electron chi connectivity index (χ1n) is 6.83. The lowest BCUT2D eigenvalue weighted by Crippen LogP contribution is -2.22. The zero-order valence-electron chi connectivity index (χ0n) is 12.5. The molecule has 0 bridgehead atoms. The molecule has 1 atom stereocenters. The molecule has 0 radical (unpaired) electrons. The quantitative estimate of drug-likeness (QED) is 0.850. The summed E-state index contributed by atoms with van der Waals surface area (Å²) in [5.41, 5.74) is 0. The molecule has 0 saturated carbocycles. The molecule has 2 aromatic heterocycles. The Hall–Kier alpha value is -1.40. The van der Waals surface area contributed by atoms with Crippen molar-refractivity contribution in [3.05, 3.63) is 28.3 Å². The molecule has 0 saturated heterocycles. The lowest BCUT2D eigenvalue weighted by Gasteiger charge is -2.18. The third-order valence-corrected chi connectivity index (χ3v) is 3.94. The minimum absolute atomic E-state index is 0.338. The summed E-state index contributed by atoms with van der Waals surface area (Å²) >= 11 is 1.78. The van der Waals surface area contributed by atoms with Crippen molar-refractivity contribution < 1.29 is 4.52 Å². The minimum Gasteiger partial charge on any atom is -0.344 e. The van der Waals surface area contributed by atoms with E-state index in [9.17, 15) is 0 Å². The Bertz CT molecular complexity index is 507. The van der Waals surface area contributed by atoms with Crippen LogP contribution in [0.3, 0.4) is 0 Å². The predicted octanol–water partition coefficient (Wildman–Crippen LogP) is 3.07. The lowest BCUT2D eigenvalue weighted by atomic mass is 10.0. The molecule has 0 unspecified atom stereocenters. The van der Waals surface area contributed by atoms with Crippen LogP contribution in [0, 0.1) is 5.92 Å². The van der Waals surface area contributed by atoms with Gasteiger partial charge in [-0.1, -0.05) is 19.9 Å². The summed E-state index contributed by atoms with van der Waals surface area (Å²) in [6.45, 7) is 5.06. The third kappa shape index (κ3) is 4.05. The van der Waals surface area contributed by atoms with E-state index in [1.165, 1.54) is 4.88 Å². The van der Waals surface area contributed by atoms with Crippen molar-refractivity contribution in [1.29, 1.82) is 0 Å². The molecule has 0 aromatic carbocycles. The summed E-state index contributed by atoms with van der Waals surface area (Å²) in [7, 11) is 3.80. The molecule has 1 N–H and O–H groups in total. The first kappa shape index (κ1) is 15.0. The average Bonchev–Trinajstić information content (AvgIpc) is 3.05. The van der Waals surface area contributed by atoms with Crippen molar-refractivity contribution in [2.75, 3.05) is 19.0 Å². The van der Waals surface area contributed by atoms with Crippen LogP contribution in [-0.4, -0.2) is 24.2 Å². The number of hydrogen-bond donors (Lipinski definition) is 1. The summed E-state index contributed by atoms with van der Waals surface area (Å²) in [6, 6.07) is 4.60. The van der Waals surface area contributed by atoms with Crippen LogP contribution < -0.4 is 10.2 Å². The van der Waals surface area contributed by atoms with Gasteiger partial charge in [0.25, 0.3) is 5.95 Å². The monoisotopic (exact) mass is 294 g/mol. The fraction of sp³-hybridized carbons (Fsp3) is 0.571. The van der Waals surface area contributed by atoms with Gasteiger partial charge in [-0.3, -0.25) is 0 Å². The Morgan fingerprint density at radius 3 is 2.75 bits per heavy atom. The number of hydrogen-bond acceptors (Lipinski definition) is 6. The first-order valence-corrected chi connectivity index (χ1v) is 7.71. The van der Waals surface area contributed by atoms with E-state index in [0.717, 1.165) is 6.42 Å². The summed E-state index contributed by atoms with van der Waals surface area (Å²) < 4.78 is 5.24. The minimum atomic E-state index is 0.338. The van der Waals surface area contributed by atoms with Crippen LogP contribution in [0.1, 0.15) is 37.1 Å². The summed E-state index contributed by atoms with van der Waals surface area (Å²) in [5.74, 6) is 1.87. The van der Waals surface area contributed by atoms with Gasteiger partial charge in [-0.05, 0) is 28.9 Å². The van der Waals surface area contributed by atoms with Gasteiger partial charge in [-0.2, -0.15) is 4.98 Å². The predicted molar refractivity (Wildman–Crippen MR) is 82.0 cm³/mol. The molecule has 0 aliphatic heterocycles. The zero-order valence-corrected chi connectivity index (χ0v) is 13.3. The van der Waals surface area contributed by atoms with Crippen molar-refractivity contribution in [1.82, 2.24) is 15.5 Å². The molecule has 5 nitrogen and oxygen atoms in total. The molecule has 0 spiro atoms. The number of rotatable bonds is 7. The molecule has 110 valence electrons. The molecule has 0 amide bonds. The summed E-state index contributed by atoms with van der Waals surface area (Å²) in [6.07, 6.45) is 1.09. The van der Waals surface area contributed by atoms with Gasteiger partial charge in [-0.15, -0.1) is 11.3 Å². The number of nitrogens with one attached hydrogen (secondary N) is 1. The van der Waals surface area contributed by atoms with E-state index in [1.807, 2.05) is 19.0 Å². The van der Waals surface area contributed by atoms with Crippen LogP contribution in [0.4, 0.5) is 5.95 Å². The molecule has 0 aliphatic carbocycles. The average molecular weight is 294 g/mol. The first-order chi connectivity index (χ1) is 9.56. The van der Waals surface area contributed by atoms with Gasteiger partial charge in [0.1, 0.15) is 0 Å². The van der Waals surface area contributed by atoms with E-state index in [1.54, 1.807) is 11.3 Å². The molecule has 0 aliphatic rings. The van der Waals surface area contributed by atoms with Crippen molar-refractivity contribution in [2.24, 2.45) is 5.92 Å². The standard InChI is InChI=1S/C14H22N4OS/c1-10(2)8-11(12-6-5-7-20-12)15-9-13-16-14(17-19-13)18(3)4/h5-7,10-11,15H,8-9H2,1-4H3/t11-/m1/s1. The maximum absolute atomic E-state index is 5.24. The highest BCUT2D eigenvalue weighted by Crippen LogP contribution is 2.25. The molecule has 2 rings (SSSR count). The fourth-order valence-corrected chi connectivity index (χ4v) is 2.79. The van der Waals surface area contributed by atoms with Gasteiger partial charge < -0.3 is 14.7 Å². The zero-order chi connectivity index (χ0) is 14.5. The number of anilines is 1. The van der Waals surface area contributed by atoms with Crippen LogP contribution in [0.15, 0.2) is 22.0 Å². The maximum atomic E-state index is 5.24. The van der Waals surface area contributed by atoms with Crippen LogP contribution in [-0.2, 0) is 6.54 Å². The van der Waals surface area contributed by atoms with Gasteiger partial charge in [0.05, 0.1) is 6.54 Å². The second-order valence-electron chi connectivity index (χ2n) is 5.46. The highest BCUT2D eigenvalue weighted by molar-refractivity contribution is 7.10. The Kier molecular flexibility index (Phi) is 5.14. The fourth-order valence-electron chi connectivity index (χ4n) is 1.97. The number of thiophene rings is 1. The van der Waals surface area contributed by atoms with E-state index in [2.05, 4.69) is 46.8 Å². The Morgan fingerprint density at radius 2 is 2.20 bits per heavy atom. The molecule has 6 heteroatoms. The van der Waals surface area contributed by atoms with Crippen LogP contribution in [0.5, 0.6) is 0 Å². The summed E-state index contributed by atoms with van der Waals surface area (Å²) in [5, 5.41) is 9.55. The SMILES string of the molecule is CC(C)C[C@@H](NCc1nc(N(C)C)no1)c1cccs1. The molecule has 2 heterocycles. The second kappa shape index (κ2) is 6.85. The van der Waals surface area contributed by atoms with E-state index in [0.29, 0.717) is 30.3 Å². The number of nitrogens with zero attached hydrogens (tertiary/aromatic N) is 3. The Labute approximate surface area is 124 Å². The molecule has 2 aromatic rings. The van der Waals surface area contributed by atoms with Crippen LogP contribution >= 0.6 is 11.3 Å². The third-order valence-electron chi connectivity index (χ3n) is 2.95. The van der Waals surface area contributed by atoms with E-state index in [4.69, 9.17) is 4.52 Å². The lowest BCUT2D eigenvalue weighted by molar-refractivity contribution is 0.346. The van der Waals surface area contributed by atoms with E-state index in [-0.39, 0.29) is 0 Å². The normalized spacial score (nSPS) is 12.8. The molecule has 20 heavy (non-hydrogen) atoms. The number of aromatic nitrogens is 2. The molecular formula is C14H22N4OS. The van der Waals surface area contributed by atoms with Gasteiger partial charge in [0, 0.05) is 25.0 Å². The van der Waals surface area contributed by atoms with Gasteiger partial charge in [0.15, 0.2) is 0 Å².